The van der Waals surface area contributed by atoms with E-state index < -0.39 is 16.0 Å². The van der Waals surface area contributed by atoms with E-state index in [0.717, 1.165) is 0 Å². The van der Waals surface area contributed by atoms with Gasteiger partial charge in [0.05, 0.1) is 16.3 Å². The molecule has 0 unspecified atom stereocenters. The van der Waals surface area contributed by atoms with Crippen molar-refractivity contribution >= 4 is 44.6 Å². The van der Waals surface area contributed by atoms with Gasteiger partial charge >= 0.3 is 5.97 Å². The van der Waals surface area contributed by atoms with E-state index in [4.69, 9.17) is 21.8 Å². The first-order valence-corrected chi connectivity index (χ1v) is 10.1. The summed E-state index contributed by atoms with van der Waals surface area (Å²) in [5, 5.41) is 19.1. The standard InChI is InChI=1S/C16H13ClN4O4S2/c1-21-16(19-11-4-2-3-10(7-11)15(22)23)26-14(20-21)9-5-6-12(17)13(8-9)27(18,24)25/h2-8H,1H3,(H,22,23)(H2,18,24,25). The van der Waals surface area contributed by atoms with Gasteiger partial charge in [0.25, 0.3) is 0 Å². The van der Waals surface area contributed by atoms with Gasteiger partial charge in [0.2, 0.25) is 14.8 Å². The van der Waals surface area contributed by atoms with Crippen LogP contribution in [0.25, 0.3) is 10.6 Å². The van der Waals surface area contributed by atoms with Gasteiger partial charge in [0, 0.05) is 12.6 Å². The summed E-state index contributed by atoms with van der Waals surface area (Å²) in [4.78, 5) is 15.8. The first-order valence-electron chi connectivity index (χ1n) is 7.40. The van der Waals surface area contributed by atoms with E-state index >= 15 is 0 Å². The molecule has 0 radical (unpaired) electrons. The summed E-state index contributed by atoms with van der Waals surface area (Å²) < 4.78 is 24.8. The lowest BCUT2D eigenvalue weighted by atomic mass is 10.2. The third-order valence-electron chi connectivity index (χ3n) is 3.51. The Morgan fingerprint density at radius 1 is 1.30 bits per heavy atom. The van der Waals surface area contributed by atoms with E-state index in [1.807, 2.05) is 0 Å². The second kappa shape index (κ2) is 7.24. The van der Waals surface area contributed by atoms with Crippen LogP contribution in [0.2, 0.25) is 5.02 Å². The van der Waals surface area contributed by atoms with Crippen LogP contribution < -0.4 is 9.94 Å². The van der Waals surface area contributed by atoms with Crippen molar-refractivity contribution in [3.63, 3.8) is 0 Å². The van der Waals surface area contributed by atoms with Crippen LogP contribution in [0.3, 0.4) is 0 Å². The molecular formula is C16H13ClN4O4S2. The molecule has 0 aliphatic carbocycles. The number of carbonyl (C=O) groups is 1. The maximum Gasteiger partial charge on any atom is 0.335 e. The van der Waals surface area contributed by atoms with Gasteiger partial charge in [-0.3, -0.25) is 0 Å². The zero-order chi connectivity index (χ0) is 19.8. The number of aromatic carboxylic acids is 1. The largest absolute Gasteiger partial charge is 0.478 e. The number of sulfonamides is 1. The van der Waals surface area contributed by atoms with Crippen LogP contribution in [0.4, 0.5) is 5.69 Å². The summed E-state index contributed by atoms with van der Waals surface area (Å²) in [5.74, 6) is -1.04. The van der Waals surface area contributed by atoms with Crippen molar-refractivity contribution in [3.8, 4) is 10.6 Å². The number of hydrogen-bond donors (Lipinski definition) is 2. The van der Waals surface area contributed by atoms with E-state index in [1.165, 1.54) is 40.3 Å². The number of carboxylic acid groups (broad SMARTS) is 1. The summed E-state index contributed by atoms with van der Waals surface area (Å²) in [6, 6.07) is 10.6. The molecule has 0 saturated heterocycles. The number of nitrogens with two attached hydrogens (primary N) is 1. The maximum absolute atomic E-state index is 11.6. The SMILES string of the molecule is Cn1nc(-c2ccc(Cl)c(S(N)(=O)=O)c2)sc1=Nc1cccc(C(=O)O)c1. The molecule has 0 fully saturated rings. The highest BCUT2D eigenvalue weighted by atomic mass is 35.5. The third-order valence-corrected chi connectivity index (χ3v) is 5.95. The minimum atomic E-state index is -3.97. The molecule has 0 amide bonds. The molecule has 0 bridgehead atoms. The molecule has 0 aliphatic heterocycles. The van der Waals surface area contributed by atoms with Crippen molar-refractivity contribution < 1.29 is 18.3 Å². The first kappa shape index (κ1) is 19.2. The van der Waals surface area contributed by atoms with E-state index in [1.54, 1.807) is 25.2 Å². The Morgan fingerprint density at radius 2 is 2.04 bits per heavy atom. The Labute approximate surface area is 163 Å². The lowest BCUT2D eigenvalue weighted by Crippen LogP contribution is -2.12. The lowest BCUT2D eigenvalue weighted by Gasteiger charge is -2.03. The highest BCUT2D eigenvalue weighted by Gasteiger charge is 2.16. The molecule has 3 N–H and O–H groups in total. The van der Waals surface area contributed by atoms with Gasteiger partial charge in [-0.05, 0) is 30.3 Å². The quantitative estimate of drug-likeness (QED) is 0.664. The molecule has 3 aromatic rings. The smallest absolute Gasteiger partial charge is 0.335 e. The van der Waals surface area contributed by atoms with Gasteiger partial charge in [-0.25, -0.2) is 28.0 Å². The van der Waals surface area contributed by atoms with Crippen molar-refractivity contribution in [1.29, 1.82) is 0 Å². The van der Waals surface area contributed by atoms with Gasteiger partial charge in [0.1, 0.15) is 9.90 Å². The first-order chi connectivity index (χ1) is 12.6. The Bertz CT molecular complexity index is 1220. The van der Waals surface area contributed by atoms with Crippen LogP contribution in [0, 0.1) is 0 Å². The number of aromatic nitrogens is 2. The second-order valence-electron chi connectivity index (χ2n) is 5.47. The number of hydrogen-bond acceptors (Lipinski definition) is 6. The summed E-state index contributed by atoms with van der Waals surface area (Å²) in [6.45, 7) is 0. The maximum atomic E-state index is 11.6. The van der Waals surface area contributed by atoms with Crippen LogP contribution in [-0.4, -0.2) is 29.3 Å². The fraction of sp³-hybridized carbons (Fsp3) is 0.0625. The van der Waals surface area contributed by atoms with E-state index in [2.05, 4.69) is 10.1 Å². The molecule has 0 spiro atoms. The number of primary sulfonamides is 1. The average Bonchev–Trinajstić information content (AvgIpc) is 2.95. The second-order valence-corrected chi connectivity index (χ2v) is 8.36. The zero-order valence-electron chi connectivity index (χ0n) is 13.8. The molecule has 0 aliphatic rings. The van der Waals surface area contributed by atoms with Gasteiger partial charge in [0.15, 0.2) is 0 Å². The molecule has 140 valence electrons. The van der Waals surface area contributed by atoms with Crippen LogP contribution in [-0.2, 0) is 17.1 Å². The number of nitrogens with zero attached hydrogens (tertiary/aromatic N) is 3. The predicted octanol–water partition coefficient (Wildman–Crippen LogP) is 2.38. The fourth-order valence-electron chi connectivity index (χ4n) is 2.24. The highest BCUT2D eigenvalue weighted by molar-refractivity contribution is 7.89. The van der Waals surface area contributed by atoms with Gasteiger partial charge in [-0.2, -0.15) is 5.10 Å². The topological polar surface area (TPSA) is 128 Å². The molecule has 3 rings (SSSR count). The average molecular weight is 425 g/mol. The normalized spacial score (nSPS) is 12.3. The molecule has 0 saturated carbocycles. The monoisotopic (exact) mass is 424 g/mol. The molecule has 2 aromatic carbocycles. The Hall–Kier alpha value is -2.53. The summed E-state index contributed by atoms with van der Waals surface area (Å²) in [6.07, 6.45) is 0. The molecule has 11 heteroatoms. The summed E-state index contributed by atoms with van der Waals surface area (Å²) in [7, 11) is -2.29. The minimum Gasteiger partial charge on any atom is -0.478 e. The molecular weight excluding hydrogens is 412 g/mol. The Kier molecular flexibility index (Phi) is 5.16. The zero-order valence-corrected chi connectivity index (χ0v) is 16.2. The number of aryl methyl sites for hydroxylation is 1. The lowest BCUT2D eigenvalue weighted by molar-refractivity contribution is 0.0697. The number of halogens is 1. The van der Waals surface area contributed by atoms with Crippen molar-refractivity contribution in [1.82, 2.24) is 9.78 Å². The van der Waals surface area contributed by atoms with Crippen molar-refractivity contribution in [2.24, 2.45) is 17.2 Å². The molecule has 0 atom stereocenters. The third kappa shape index (κ3) is 4.25. The highest BCUT2D eigenvalue weighted by Crippen LogP contribution is 2.27. The van der Waals surface area contributed by atoms with Crippen LogP contribution >= 0.6 is 22.9 Å². The van der Waals surface area contributed by atoms with E-state index in [9.17, 15) is 13.2 Å². The summed E-state index contributed by atoms with van der Waals surface area (Å²) in [5.41, 5.74) is 1.10. The van der Waals surface area contributed by atoms with Gasteiger partial charge < -0.3 is 5.11 Å². The van der Waals surface area contributed by atoms with Crippen LogP contribution in [0.1, 0.15) is 10.4 Å². The molecule has 8 nitrogen and oxygen atoms in total. The van der Waals surface area contributed by atoms with E-state index in [0.29, 0.717) is 21.1 Å². The van der Waals surface area contributed by atoms with Crippen molar-refractivity contribution in [3.05, 3.63) is 57.9 Å². The van der Waals surface area contributed by atoms with E-state index in [-0.39, 0.29) is 15.5 Å². The Balaban J connectivity index is 2.08. The molecule has 27 heavy (non-hydrogen) atoms. The number of carboxylic acids is 1. The van der Waals surface area contributed by atoms with Crippen molar-refractivity contribution in [2.45, 2.75) is 4.90 Å². The summed E-state index contributed by atoms with van der Waals surface area (Å²) >= 11 is 7.11. The van der Waals surface area contributed by atoms with Crippen molar-refractivity contribution in [2.75, 3.05) is 0 Å². The van der Waals surface area contributed by atoms with Crippen LogP contribution in [0.15, 0.2) is 52.4 Å². The fourth-order valence-corrected chi connectivity index (χ4v) is 4.21. The predicted molar refractivity (Wildman–Crippen MR) is 102 cm³/mol. The number of benzene rings is 2. The minimum absolute atomic E-state index is 0.0255. The molecule has 1 aromatic heterocycles. The van der Waals surface area contributed by atoms with Gasteiger partial charge in [-0.15, -0.1) is 0 Å². The van der Waals surface area contributed by atoms with Crippen LogP contribution in [0.5, 0.6) is 0 Å². The molecule has 1 heterocycles. The van der Waals surface area contributed by atoms with Gasteiger partial charge in [-0.1, -0.05) is 35.1 Å². The Morgan fingerprint density at radius 3 is 2.70 bits per heavy atom. The number of rotatable bonds is 4.